The van der Waals surface area contributed by atoms with E-state index in [1.165, 1.54) is 0 Å². The van der Waals surface area contributed by atoms with Crippen LogP contribution in [0.2, 0.25) is 0 Å². The van der Waals surface area contributed by atoms with Crippen LogP contribution in [0.1, 0.15) is 16.4 Å². The highest BCUT2D eigenvalue weighted by atomic mass is 32.1. The summed E-state index contributed by atoms with van der Waals surface area (Å²) in [6.45, 7) is 0. The maximum Gasteiger partial charge on any atom is 0.107 e. The molecule has 1 N–H and O–H groups in total. The first-order chi connectivity index (χ1) is 6.42. The first-order valence-electron chi connectivity index (χ1n) is 3.97. The van der Waals surface area contributed by atoms with E-state index in [0.29, 0.717) is 0 Å². The average molecular weight is 188 g/mol. The Morgan fingerprint density at radius 1 is 1.46 bits per heavy atom. The molecule has 2 nitrogen and oxygen atoms in total. The van der Waals surface area contributed by atoms with Crippen LogP contribution in [0.25, 0.3) is 0 Å². The van der Waals surface area contributed by atoms with Gasteiger partial charge in [-0.25, -0.2) is 0 Å². The zero-order chi connectivity index (χ0) is 9.10. The highest BCUT2D eigenvalue weighted by Crippen LogP contribution is 2.26. The molecule has 13 heavy (non-hydrogen) atoms. The highest BCUT2D eigenvalue weighted by Gasteiger charge is 2.13. The quantitative estimate of drug-likeness (QED) is 0.773. The van der Waals surface area contributed by atoms with Crippen LogP contribution in [0.4, 0.5) is 0 Å². The van der Waals surface area contributed by atoms with Crippen molar-refractivity contribution in [1.29, 1.82) is 5.26 Å². The molecule has 0 bridgehead atoms. The fourth-order valence-electron chi connectivity index (χ4n) is 1.27. The lowest BCUT2D eigenvalue weighted by atomic mass is 10.0. The second kappa shape index (κ2) is 3.46. The molecule has 1 atom stereocenters. The molecule has 0 saturated carbocycles. The van der Waals surface area contributed by atoms with Crippen molar-refractivity contribution >= 4 is 11.3 Å². The van der Waals surface area contributed by atoms with E-state index in [2.05, 4.69) is 11.1 Å². The Morgan fingerprint density at radius 2 is 2.38 bits per heavy atom. The molecule has 0 aromatic carbocycles. The minimum Gasteiger partial charge on any atom is -0.367 e. The molecule has 0 radical (unpaired) electrons. The number of aromatic amines is 1. The number of rotatable bonds is 2. The van der Waals surface area contributed by atoms with Crippen molar-refractivity contribution < 1.29 is 0 Å². The molecule has 2 rings (SSSR count). The van der Waals surface area contributed by atoms with Crippen LogP contribution < -0.4 is 0 Å². The van der Waals surface area contributed by atoms with Crippen LogP contribution in [0.5, 0.6) is 0 Å². The second-order valence-electron chi connectivity index (χ2n) is 2.72. The van der Waals surface area contributed by atoms with Crippen LogP contribution in [0.15, 0.2) is 36.0 Å². The summed E-state index contributed by atoms with van der Waals surface area (Å²) in [5.74, 6) is -0.119. The molecule has 0 fully saturated rings. The molecule has 0 aliphatic rings. The van der Waals surface area contributed by atoms with E-state index >= 15 is 0 Å². The van der Waals surface area contributed by atoms with Crippen molar-refractivity contribution in [2.75, 3.05) is 0 Å². The average Bonchev–Trinajstić information content (AvgIpc) is 2.76. The van der Waals surface area contributed by atoms with E-state index in [0.717, 1.165) is 10.4 Å². The Hall–Kier alpha value is -1.53. The number of aromatic nitrogens is 1. The third kappa shape index (κ3) is 1.49. The largest absolute Gasteiger partial charge is 0.367 e. The summed E-state index contributed by atoms with van der Waals surface area (Å²) >= 11 is 1.62. The summed E-state index contributed by atoms with van der Waals surface area (Å²) in [6, 6.07) is 8.20. The van der Waals surface area contributed by atoms with Gasteiger partial charge in [-0.1, -0.05) is 6.07 Å². The van der Waals surface area contributed by atoms with E-state index in [9.17, 15) is 0 Å². The number of thiophene rings is 1. The van der Waals surface area contributed by atoms with Crippen molar-refractivity contribution in [3.05, 3.63) is 46.4 Å². The first kappa shape index (κ1) is 8.09. The van der Waals surface area contributed by atoms with E-state index < -0.39 is 0 Å². The monoisotopic (exact) mass is 188 g/mol. The minimum absolute atomic E-state index is 0.119. The van der Waals surface area contributed by atoms with Crippen LogP contribution in [0, 0.1) is 11.3 Å². The lowest BCUT2D eigenvalue weighted by Gasteiger charge is -2.02. The van der Waals surface area contributed by atoms with Gasteiger partial charge in [0.15, 0.2) is 0 Å². The van der Waals surface area contributed by atoms with Gasteiger partial charge in [-0.15, -0.1) is 11.3 Å². The summed E-state index contributed by atoms with van der Waals surface area (Å²) in [5, 5.41) is 11.0. The number of nitriles is 1. The fraction of sp³-hybridized carbons (Fsp3) is 0.100. The molecule has 0 aliphatic heterocycles. The molecular weight excluding hydrogens is 180 g/mol. The highest BCUT2D eigenvalue weighted by molar-refractivity contribution is 7.10. The summed E-state index contributed by atoms with van der Waals surface area (Å²) < 4.78 is 0. The van der Waals surface area contributed by atoms with Crippen molar-refractivity contribution in [1.82, 2.24) is 4.98 Å². The molecule has 64 valence electrons. The summed E-state index contributed by atoms with van der Waals surface area (Å²) in [5.41, 5.74) is 1.03. The van der Waals surface area contributed by atoms with Crippen LogP contribution >= 0.6 is 11.3 Å². The molecule has 0 saturated heterocycles. The topological polar surface area (TPSA) is 39.6 Å². The van der Waals surface area contributed by atoms with E-state index in [1.807, 2.05) is 36.0 Å². The predicted molar refractivity (Wildman–Crippen MR) is 52.6 cm³/mol. The van der Waals surface area contributed by atoms with Gasteiger partial charge in [0.05, 0.1) is 6.07 Å². The molecule has 2 aromatic rings. The Kier molecular flexibility index (Phi) is 2.15. The molecule has 1 unspecified atom stereocenters. The van der Waals surface area contributed by atoms with Crippen molar-refractivity contribution in [3.63, 3.8) is 0 Å². The van der Waals surface area contributed by atoms with Gasteiger partial charge in [-0.3, -0.25) is 0 Å². The predicted octanol–water partition coefficient (Wildman–Crippen LogP) is 2.73. The Bertz CT molecular complexity index is 360. The third-order valence-electron chi connectivity index (χ3n) is 1.91. The Balaban J connectivity index is 2.36. The van der Waals surface area contributed by atoms with E-state index in [1.54, 1.807) is 11.3 Å². The zero-order valence-corrected chi connectivity index (χ0v) is 7.71. The van der Waals surface area contributed by atoms with Gasteiger partial charge in [0, 0.05) is 17.3 Å². The zero-order valence-electron chi connectivity index (χ0n) is 6.90. The smallest absolute Gasteiger partial charge is 0.107 e. The molecular formula is C10H8N2S. The second-order valence-corrected chi connectivity index (χ2v) is 3.70. The fourth-order valence-corrected chi connectivity index (χ4v) is 2.07. The van der Waals surface area contributed by atoms with Crippen LogP contribution in [-0.2, 0) is 0 Å². The van der Waals surface area contributed by atoms with Crippen molar-refractivity contribution in [2.24, 2.45) is 0 Å². The van der Waals surface area contributed by atoms with Gasteiger partial charge in [0.1, 0.15) is 5.92 Å². The normalized spacial score (nSPS) is 12.2. The lowest BCUT2D eigenvalue weighted by molar-refractivity contribution is 1.07. The minimum atomic E-state index is -0.119. The lowest BCUT2D eigenvalue weighted by Crippen LogP contribution is -1.92. The SMILES string of the molecule is N#CC(c1cc[nH]c1)c1cccs1. The van der Waals surface area contributed by atoms with Gasteiger partial charge in [0.25, 0.3) is 0 Å². The van der Waals surface area contributed by atoms with Gasteiger partial charge in [-0.05, 0) is 23.1 Å². The summed E-state index contributed by atoms with van der Waals surface area (Å²) in [4.78, 5) is 4.06. The number of nitrogens with zero attached hydrogens (tertiary/aromatic N) is 1. The standard InChI is InChI=1S/C10H8N2S/c11-6-9(8-3-4-12-7-8)10-2-1-5-13-10/h1-5,7,9,12H. The first-order valence-corrected chi connectivity index (χ1v) is 4.85. The number of H-pyrrole nitrogens is 1. The molecule has 0 amide bonds. The maximum absolute atomic E-state index is 9.01. The summed E-state index contributed by atoms with van der Waals surface area (Å²) in [7, 11) is 0. The Morgan fingerprint density at radius 3 is 2.92 bits per heavy atom. The molecule has 0 aliphatic carbocycles. The number of hydrogen-bond donors (Lipinski definition) is 1. The maximum atomic E-state index is 9.01. The van der Waals surface area contributed by atoms with E-state index in [4.69, 9.17) is 5.26 Å². The molecule has 3 heteroatoms. The Labute approximate surface area is 80.5 Å². The van der Waals surface area contributed by atoms with Gasteiger partial charge >= 0.3 is 0 Å². The van der Waals surface area contributed by atoms with Crippen molar-refractivity contribution in [2.45, 2.75) is 5.92 Å². The molecule has 2 heterocycles. The number of nitrogens with one attached hydrogen (secondary N) is 1. The van der Waals surface area contributed by atoms with Gasteiger partial charge in [0.2, 0.25) is 0 Å². The van der Waals surface area contributed by atoms with Crippen molar-refractivity contribution in [3.8, 4) is 6.07 Å². The summed E-state index contributed by atoms with van der Waals surface area (Å²) in [6.07, 6.45) is 3.71. The van der Waals surface area contributed by atoms with Crippen LogP contribution in [-0.4, -0.2) is 4.98 Å². The third-order valence-corrected chi connectivity index (χ3v) is 2.85. The molecule has 2 aromatic heterocycles. The van der Waals surface area contributed by atoms with Gasteiger partial charge < -0.3 is 4.98 Å². The molecule has 0 spiro atoms. The van der Waals surface area contributed by atoms with Crippen LogP contribution in [0.3, 0.4) is 0 Å². The number of hydrogen-bond acceptors (Lipinski definition) is 2. The van der Waals surface area contributed by atoms with E-state index in [-0.39, 0.29) is 5.92 Å². The van der Waals surface area contributed by atoms with Gasteiger partial charge in [-0.2, -0.15) is 5.26 Å².